The van der Waals surface area contributed by atoms with E-state index in [1.807, 2.05) is 0 Å². The maximum Gasteiger partial charge on any atom is 1.00 e. The van der Waals surface area contributed by atoms with Gasteiger partial charge in [-0.25, -0.2) is 14.4 Å². The van der Waals surface area contributed by atoms with Crippen molar-refractivity contribution >= 4 is 17.9 Å². The van der Waals surface area contributed by atoms with E-state index >= 15 is 0 Å². The van der Waals surface area contributed by atoms with E-state index in [0.29, 0.717) is 0 Å². The Bertz CT molecular complexity index is 319. The minimum Gasteiger partial charge on any atom is -0.463 e. The lowest BCUT2D eigenvalue weighted by atomic mass is 10.4. The van der Waals surface area contributed by atoms with Crippen molar-refractivity contribution in [2.75, 3.05) is 6.61 Å². The lowest BCUT2D eigenvalue weighted by Crippen LogP contribution is -2.11. The zero-order valence-corrected chi connectivity index (χ0v) is 8.61. The first-order valence-electron chi connectivity index (χ1n) is 4.23. The molecule has 0 fully saturated rings. The summed E-state index contributed by atoms with van der Waals surface area (Å²) in [5, 5.41) is 0. The number of ether oxygens (including phenoxy) is 2. The monoisotopic (exact) mass is 213 g/mol. The fourth-order valence-corrected chi connectivity index (χ4v) is 0.539. The van der Waals surface area contributed by atoms with E-state index in [1.165, 1.54) is 6.92 Å². The molecule has 0 saturated heterocycles. The summed E-state index contributed by atoms with van der Waals surface area (Å²) in [5.41, 5.74) is 0.105. The number of hydrogen-bond acceptors (Lipinski definition) is 5. The highest BCUT2D eigenvalue weighted by Gasteiger charge is 2.08. The standard InChI is InChI=1S/C10H12O5/c1-4-14-8(11)5-6-9(12)15-10(13)7(2)3/h5-6H,2,4H2,1,3H3/p+1/b6-5-. The van der Waals surface area contributed by atoms with Crippen LogP contribution in [0.4, 0.5) is 0 Å². The van der Waals surface area contributed by atoms with Gasteiger partial charge in [0.15, 0.2) is 0 Å². The Hall–Kier alpha value is -1.91. The normalized spacial score (nSPS) is 9.73. The Morgan fingerprint density at radius 2 is 1.80 bits per heavy atom. The highest BCUT2D eigenvalue weighted by molar-refractivity contribution is 6.00. The molecule has 0 N–H and O–H groups in total. The van der Waals surface area contributed by atoms with Crippen molar-refractivity contribution in [3.05, 3.63) is 24.3 Å². The van der Waals surface area contributed by atoms with Gasteiger partial charge in [-0.2, -0.15) is 0 Å². The predicted octanol–water partition coefficient (Wildman–Crippen LogP) is 0.864. The molecule has 5 nitrogen and oxygen atoms in total. The van der Waals surface area contributed by atoms with Crippen LogP contribution in [0.25, 0.3) is 0 Å². The van der Waals surface area contributed by atoms with E-state index in [4.69, 9.17) is 0 Å². The van der Waals surface area contributed by atoms with Crippen LogP contribution in [-0.4, -0.2) is 24.5 Å². The first-order chi connectivity index (χ1) is 6.97. The molecule has 15 heavy (non-hydrogen) atoms. The Kier molecular flexibility index (Phi) is 5.70. The topological polar surface area (TPSA) is 69.7 Å². The van der Waals surface area contributed by atoms with E-state index in [-0.39, 0.29) is 13.6 Å². The summed E-state index contributed by atoms with van der Waals surface area (Å²) < 4.78 is 8.78. The van der Waals surface area contributed by atoms with Gasteiger partial charge in [-0.1, -0.05) is 6.58 Å². The van der Waals surface area contributed by atoms with E-state index in [1.54, 1.807) is 6.92 Å². The van der Waals surface area contributed by atoms with Crippen molar-refractivity contribution in [2.45, 2.75) is 13.8 Å². The molecule has 0 saturated carbocycles. The van der Waals surface area contributed by atoms with E-state index < -0.39 is 17.9 Å². The van der Waals surface area contributed by atoms with Gasteiger partial charge in [0.25, 0.3) is 0 Å². The Morgan fingerprint density at radius 3 is 2.27 bits per heavy atom. The number of rotatable bonds is 4. The van der Waals surface area contributed by atoms with Crippen molar-refractivity contribution in [1.82, 2.24) is 0 Å². The second kappa shape index (κ2) is 6.53. The number of carbonyl (C=O) groups excluding carboxylic acids is 3. The molecule has 0 bridgehead atoms. The highest BCUT2D eigenvalue weighted by Crippen LogP contribution is 1.93. The molecule has 82 valence electrons. The Balaban J connectivity index is 0. The lowest BCUT2D eigenvalue weighted by molar-refractivity contribution is -0.153. The van der Waals surface area contributed by atoms with Gasteiger partial charge in [0.1, 0.15) is 0 Å². The largest absolute Gasteiger partial charge is 1.00 e. The highest BCUT2D eigenvalue weighted by atomic mass is 16.6. The SMILES string of the molecule is C=C(C)C(=O)OC(=O)/C=C\C(=O)OCC.[H+]. The molecule has 0 aromatic carbocycles. The molecular weight excluding hydrogens is 200 g/mol. The van der Waals surface area contributed by atoms with E-state index in [9.17, 15) is 14.4 Å². The van der Waals surface area contributed by atoms with Crippen LogP contribution in [0.5, 0.6) is 0 Å². The minimum absolute atomic E-state index is 0. The molecule has 0 atom stereocenters. The van der Waals surface area contributed by atoms with Crippen LogP contribution in [0, 0.1) is 0 Å². The number of esters is 3. The van der Waals surface area contributed by atoms with Crippen molar-refractivity contribution in [3.8, 4) is 0 Å². The summed E-state index contributed by atoms with van der Waals surface area (Å²) in [6.07, 6.45) is 1.70. The van der Waals surface area contributed by atoms with Gasteiger partial charge in [-0.3, -0.25) is 0 Å². The summed E-state index contributed by atoms with van der Waals surface area (Å²) >= 11 is 0. The molecule has 0 rings (SSSR count). The molecule has 0 aliphatic heterocycles. The van der Waals surface area contributed by atoms with Gasteiger partial charge in [0.05, 0.1) is 6.61 Å². The predicted molar refractivity (Wildman–Crippen MR) is 52.8 cm³/mol. The molecule has 0 spiro atoms. The summed E-state index contributed by atoms with van der Waals surface area (Å²) in [5.74, 6) is -2.43. The van der Waals surface area contributed by atoms with Crippen molar-refractivity contribution < 1.29 is 25.3 Å². The molecule has 0 amide bonds. The van der Waals surface area contributed by atoms with Gasteiger partial charge in [0, 0.05) is 17.7 Å². The van der Waals surface area contributed by atoms with Gasteiger partial charge in [0.2, 0.25) is 0 Å². The molecule has 0 unspecified atom stereocenters. The maximum absolute atomic E-state index is 10.9. The number of carbonyl (C=O) groups is 3. The third kappa shape index (κ3) is 6.20. The molecule has 0 aliphatic rings. The number of hydrogen-bond donors (Lipinski definition) is 0. The zero-order chi connectivity index (χ0) is 11.8. The average Bonchev–Trinajstić information content (AvgIpc) is 2.15. The third-order valence-electron chi connectivity index (χ3n) is 1.18. The average molecular weight is 213 g/mol. The minimum atomic E-state index is -0.934. The van der Waals surface area contributed by atoms with Gasteiger partial charge >= 0.3 is 19.3 Å². The quantitative estimate of drug-likeness (QED) is 0.393. The maximum atomic E-state index is 10.9. The van der Waals surface area contributed by atoms with Crippen molar-refractivity contribution in [1.29, 1.82) is 0 Å². The van der Waals surface area contributed by atoms with Gasteiger partial charge < -0.3 is 9.47 Å². The van der Waals surface area contributed by atoms with Crippen molar-refractivity contribution in [3.63, 3.8) is 0 Å². The molecule has 0 heterocycles. The second-order valence-corrected chi connectivity index (χ2v) is 2.57. The van der Waals surface area contributed by atoms with E-state index in [0.717, 1.165) is 12.2 Å². The fraction of sp³-hybridized carbons (Fsp3) is 0.300. The first-order valence-corrected chi connectivity index (χ1v) is 4.23. The second-order valence-electron chi connectivity index (χ2n) is 2.57. The van der Waals surface area contributed by atoms with Crippen LogP contribution < -0.4 is 0 Å². The van der Waals surface area contributed by atoms with Gasteiger partial charge in [-0.15, -0.1) is 0 Å². The Morgan fingerprint density at radius 1 is 1.27 bits per heavy atom. The smallest absolute Gasteiger partial charge is 0.463 e. The third-order valence-corrected chi connectivity index (χ3v) is 1.18. The van der Waals surface area contributed by atoms with Crippen molar-refractivity contribution in [2.24, 2.45) is 0 Å². The molecular formula is C10H13O5+. The zero-order valence-electron chi connectivity index (χ0n) is 9.61. The first kappa shape index (κ1) is 13.1. The molecule has 0 radical (unpaired) electrons. The van der Waals surface area contributed by atoms with Crippen LogP contribution in [0.1, 0.15) is 15.3 Å². The lowest BCUT2D eigenvalue weighted by Gasteiger charge is -1.97. The summed E-state index contributed by atoms with van der Waals surface area (Å²) in [6.45, 7) is 6.54. The van der Waals surface area contributed by atoms with Crippen LogP contribution in [0.3, 0.4) is 0 Å². The molecule has 0 aromatic heterocycles. The summed E-state index contributed by atoms with van der Waals surface area (Å²) in [6, 6.07) is 0. The molecule has 0 aliphatic carbocycles. The molecule has 5 heteroatoms. The van der Waals surface area contributed by atoms with Crippen LogP contribution in [-0.2, 0) is 23.9 Å². The van der Waals surface area contributed by atoms with Crippen LogP contribution >= 0.6 is 0 Å². The Labute approximate surface area is 88.8 Å². The summed E-state index contributed by atoms with van der Waals surface area (Å²) in [7, 11) is 0. The van der Waals surface area contributed by atoms with Crippen LogP contribution in [0.2, 0.25) is 0 Å². The van der Waals surface area contributed by atoms with E-state index in [2.05, 4.69) is 16.1 Å². The van der Waals surface area contributed by atoms with Gasteiger partial charge in [-0.05, 0) is 13.8 Å². The summed E-state index contributed by atoms with van der Waals surface area (Å²) in [4.78, 5) is 32.5. The molecule has 0 aromatic rings. The van der Waals surface area contributed by atoms with Crippen LogP contribution in [0.15, 0.2) is 24.3 Å². The fourth-order valence-electron chi connectivity index (χ4n) is 0.539.